The molecule has 0 aliphatic carbocycles. The van der Waals surface area contributed by atoms with Crippen molar-refractivity contribution in [3.8, 4) is 0 Å². The molecular weight excluding hydrogens is 252 g/mol. The summed E-state index contributed by atoms with van der Waals surface area (Å²) in [5.41, 5.74) is -0.590. The number of carbonyl (C=O) groups is 1. The number of fused-ring (bicyclic) bond motifs is 2. The third kappa shape index (κ3) is 2.33. The van der Waals surface area contributed by atoms with E-state index in [-0.39, 0.29) is 23.4 Å². The molecule has 0 spiro atoms. The van der Waals surface area contributed by atoms with Gasteiger partial charge in [-0.1, -0.05) is 47.0 Å². The van der Waals surface area contributed by atoms with Gasteiger partial charge >= 0.3 is 0 Å². The van der Waals surface area contributed by atoms with Crippen molar-refractivity contribution >= 4 is 5.78 Å². The van der Waals surface area contributed by atoms with Crippen molar-refractivity contribution in [3.05, 3.63) is 0 Å². The van der Waals surface area contributed by atoms with Crippen molar-refractivity contribution in [1.29, 1.82) is 0 Å². The van der Waals surface area contributed by atoms with E-state index >= 15 is 0 Å². The summed E-state index contributed by atoms with van der Waals surface area (Å²) < 4.78 is 12.5. The fourth-order valence-electron chi connectivity index (χ4n) is 3.44. The van der Waals surface area contributed by atoms with Crippen molar-refractivity contribution in [2.45, 2.75) is 91.6 Å². The Morgan fingerprint density at radius 3 is 2.30 bits per heavy atom. The first kappa shape index (κ1) is 16.0. The molecule has 2 fully saturated rings. The molecule has 0 unspecified atom stereocenters. The highest BCUT2D eigenvalue weighted by molar-refractivity contribution is 5.92. The second kappa shape index (κ2) is 5.10. The van der Waals surface area contributed by atoms with E-state index < -0.39 is 11.2 Å². The van der Waals surface area contributed by atoms with Crippen LogP contribution >= 0.6 is 0 Å². The number of Topliss-reactive ketones (excluding diaryl/α,β-unsaturated/α-hetero) is 1. The van der Waals surface area contributed by atoms with E-state index in [0.717, 1.165) is 12.8 Å². The number of ketones is 1. The normalized spacial score (nSPS) is 35.8. The van der Waals surface area contributed by atoms with Crippen LogP contribution in [0.1, 0.15) is 73.6 Å². The van der Waals surface area contributed by atoms with Gasteiger partial charge in [-0.25, -0.2) is 0 Å². The summed E-state index contributed by atoms with van der Waals surface area (Å²) in [6.45, 7) is 12.5. The molecular formula is C17H30O3. The predicted molar refractivity (Wildman–Crippen MR) is 79.5 cm³/mol. The summed E-state index contributed by atoms with van der Waals surface area (Å²) in [5, 5.41) is 0. The molecule has 0 N–H and O–H groups in total. The number of unbranched alkanes of at least 4 members (excludes halogenated alkanes) is 3. The van der Waals surface area contributed by atoms with Crippen molar-refractivity contribution in [1.82, 2.24) is 0 Å². The third-order valence-corrected chi connectivity index (χ3v) is 4.95. The van der Waals surface area contributed by atoms with Gasteiger partial charge in [-0.15, -0.1) is 0 Å². The molecule has 2 rings (SSSR count). The van der Waals surface area contributed by atoms with Gasteiger partial charge in [0.1, 0.15) is 6.10 Å². The van der Waals surface area contributed by atoms with Crippen molar-refractivity contribution in [2.75, 3.05) is 0 Å². The largest absolute Gasteiger partial charge is 0.342 e. The van der Waals surface area contributed by atoms with Gasteiger partial charge in [0, 0.05) is 6.42 Å². The standard InChI is InChI=1S/C17H30O3/c1-7-8-9-10-11-17-16(5,6)13(18)12(19-17)14(20-17)15(2,3)4/h12,14H,7-11H2,1-6H3/t12-,14+,17-/m0/s1. The number of ether oxygens (including phenoxy) is 2. The van der Waals surface area contributed by atoms with Gasteiger partial charge in [0.05, 0.1) is 11.5 Å². The Morgan fingerprint density at radius 2 is 1.75 bits per heavy atom. The molecule has 3 nitrogen and oxygen atoms in total. The van der Waals surface area contributed by atoms with Crippen LogP contribution in [0.4, 0.5) is 0 Å². The van der Waals surface area contributed by atoms with Gasteiger partial charge in [0.15, 0.2) is 11.6 Å². The first-order valence-corrected chi connectivity index (χ1v) is 8.06. The van der Waals surface area contributed by atoms with Gasteiger partial charge in [-0.2, -0.15) is 0 Å². The highest BCUT2D eigenvalue weighted by Gasteiger charge is 2.70. The lowest BCUT2D eigenvalue weighted by atomic mass is 9.72. The molecule has 2 bridgehead atoms. The van der Waals surface area contributed by atoms with E-state index in [9.17, 15) is 4.79 Å². The highest BCUT2D eigenvalue weighted by Crippen LogP contribution is 2.56. The van der Waals surface area contributed by atoms with E-state index in [1.807, 2.05) is 13.8 Å². The zero-order valence-electron chi connectivity index (χ0n) is 13.9. The molecule has 0 aromatic rings. The smallest absolute Gasteiger partial charge is 0.181 e. The Kier molecular flexibility index (Phi) is 4.07. The minimum Gasteiger partial charge on any atom is -0.342 e. The lowest BCUT2D eigenvalue weighted by Crippen LogP contribution is -2.54. The van der Waals surface area contributed by atoms with Gasteiger partial charge in [0.2, 0.25) is 0 Å². The first-order valence-electron chi connectivity index (χ1n) is 8.06. The number of carbonyl (C=O) groups excluding carboxylic acids is 1. The second-order valence-corrected chi connectivity index (χ2v) is 8.00. The quantitative estimate of drug-likeness (QED) is 0.712. The lowest BCUT2D eigenvalue weighted by molar-refractivity contribution is -0.227. The van der Waals surface area contributed by atoms with Crippen LogP contribution in [0.3, 0.4) is 0 Å². The Labute approximate surface area is 123 Å². The summed E-state index contributed by atoms with van der Waals surface area (Å²) in [7, 11) is 0. The molecule has 0 radical (unpaired) electrons. The zero-order chi connectivity index (χ0) is 15.2. The molecule has 2 aliphatic heterocycles. The molecule has 0 saturated carbocycles. The minimum atomic E-state index is -0.694. The first-order chi connectivity index (χ1) is 9.16. The SMILES string of the molecule is CCCCCC[C@@]12O[C@@H](C(C)(C)C)[C@@H](O1)C(=O)C2(C)C. The van der Waals surface area contributed by atoms with Gasteiger partial charge in [-0.05, 0) is 25.7 Å². The Bertz CT molecular complexity index is 380. The third-order valence-electron chi connectivity index (χ3n) is 4.95. The molecule has 3 atom stereocenters. The van der Waals surface area contributed by atoms with Crippen LogP contribution in [0.25, 0.3) is 0 Å². The lowest BCUT2D eigenvalue weighted by Gasteiger charge is -2.42. The van der Waals surface area contributed by atoms with Crippen LogP contribution in [0, 0.1) is 10.8 Å². The highest BCUT2D eigenvalue weighted by atomic mass is 16.8. The van der Waals surface area contributed by atoms with Gasteiger partial charge < -0.3 is 9.47 Å². The van der Waals surface area contributed by atoms with E-state index in [2.05, 4.69) is 27.7 Å². The van der Waals surface area contributed by atoms with Gasteiger partial charge in [-0.3, -0.25) is 4.79 Å². The Hall–Kier alpha value is -0.410. The molecule has 116 valence electrons. The molecule has 2 heterocycles. The number of rotatable bonds is 5. The van der Waals surface area contributed by atoms with E-state index in [4.69, 9.17) is 9.47 Å². The topological polar surface area (TPSA) is 35.5 Å². The predicted octanol–water partition coefficient (Wildman–Crippen LogP) is 4.09. The minimum absolute atomic E-state index is 0.0675. The van der Waals surface area contributed by atoms with Crippen molar-refractivity contribution < 1.29 is 14.3 Å². The van der Waals surface area contributed by atoms with Crippen molar-refractivity contribution in [2.24, 2.45) is 10.8 Å². The maximum Gasteiger partial charge on any atom is 0.181 e. The van der Waals surface area contributed by atoms with E-state index in [0.29, 0.717) is 0 Å². The number of hydrogen-bond acceptors (Lipinski definition) is 3. The summed E-state index contributed by atoms with van der Waals surface area (Å²) in [5.74, 6) is -0.473. The van der Waals surface area contributed by atoms with Crippen LogP contribution in [0.2, 0.25) is 0 Å². The van der Waals surface area contributed by atoms with Crippen LogP contribution in [-0.2, 0) is 14.3 Å². The molecule has 0 aromatic carbocycles. The monoisotopic (exact) mass is 282 g/mol. The molecule has 2 saturated heterocycles. The zero-order valence-corrected chi connectivity index (χ0v) is 13.9. The van der Waals surface area contributed by atoms with Crippen LogP contribution in [-0.4, -0.2) is 23.8 Å². The fourth-order valence-corrected chi connectivity index (χ4v) is 3.44. The average Bonchev–Trinajstić information content (AvgIpc) is 2.81. The molecule has 0 aromatic heterocycles. The maximum atomic E-state index is 12.6. The molecule has 20 heavy (non-hydrogen) atoms. The maximum absolute atomic E-state index is 12.6. The fraction of sp³-hybridized carbons (Fsp3) is 0.941. The van der Waals surface area contributed by atoms with E-state index in [1.54, 1.807) is 0 Å². The average molecular weight is 282 g/mol. The molecule has 3 heteroatoms. The molecule has 0 amide bonds. The van der Waals surface area contributed by atoms with Crippen LogP contribution < -0.4 is 0 Å². The number of hydrogen-bond donors (Lipinski definition) is 0. The second-order valence-electron chi connectivity index (χ2n) is 8.00. The summed E-state index contributed by atoms with van der Waals surface area (Å²) >= 11 is 0. The van der Waals surface area contributed by atoms with Crippen LogP contribution in [0.15, 0.2) is 0 Å². The summed E-state index contributed by atoms with van der Waals surface area (Å²) in [4.78, 5) is 12.6. The van der Waals surface area contributed by atoms with Crippen LogP contribution in [0.5, 0.6) is 0 Å². The molecule has 2 aliphatic rings. The summed E-state index contributed by atoms with van der Waals surface area (Å²) in [6, 6.07) is 0. The Morgan fingerprint density at radius 1 is 1.10 bits per heavy atom. The Balaban J connectivity index is 2.15. The summed E-state index contributed by atoms with van der Waals surface area (Å²) in [6.07, 6.45) is 5.02. The van der Waals surface area contributed by atoms with Gasteiger partial charge in [0.25, 0.3) is 0 Å². The van der Waals surface area contributed by atoms with E-state index in [1.165, 1.54) is 19.3 Å². The van der Waals surface area contributed by atoms with Crippen molar-refractivity contribution in [3.63, 3.8) is 0 Å².